The predicted molar refractivity (Wildman–Crippen MR) is 44.5 cm³/mol. The molecule has 2 rings (SSSR count). The molecule has 2 aromatic rings. The molecule has 1 aromatic carbocycles. The quantitative estimate of drug-likeness (QED) is 0.675. The number of aromatic nitrogens is 4. The molecule has 5 nitrogen and oxygen atoms in total. The van der Waals surface area contributed by atoms with E-state index >= 15 is 0 Å². The molecule has 0 spiro atoms. The summed E-state index contributed by atoms with van der Waals surface area (Å²) in [5, 5.41) is 10.8. The number of benzene rings is 1. The Hall–Kier alpha value is -1.91. The van der Waals surface area contributed by atoms with Crippen molar-refractivity contribution < 1.29 is 4.84 Å². The molecule has 0 bridgehead atoms. The van der Waals surface area contributed by atoms with Crippen molar-refractivity contribution in [1.29, 1.82) is 0 Å². The number of rotatable bonds is 3. The van der Waals surface area contributed by atoms with Crippen LogP contribution in [0.4, 0.5) is 0 Å². The number of tetrazole rings is 1. The Bertz CT molecular complexity index is 346. The Morgan fingerprint density at radius 2 is 2.08 bits per heavy atom. The molecule has 0 N–H and O–H groups in total. The van der Waals surface area contributed by atoms with Crippen LogP contribution in [0.5, 0.6) is 0 Å². The lowest BCUT2D eigenvalue weighted by Crippen LogP contribution is -2.14. The van der Waals surface area contributed by atoms with Crippen LogP contribution in [-0.4, -0.2) is 20.4 Å². The molecule has 0 saturated carbocycles. The van der Waals surface area contributed by atoms with Crippen molar-refractivity contribution in [1.82, 2.24) is 20.4 Å². The van der Waals surface area contributed by atoms with Gasteiger partial charge in [0.2, 0.25) is 0 Å². The van der Waals surface area contributed by atoms with E-state index in [1.807, 2.05) is 30.3 Å². The van der Waals surface area contributed by atoms with Crippen molar-refractivity contribution in [3.8, 4) is 0 Å². The van der Waals surface area contributed by atoms with Crippen LogP contribution in [-0.2, 0) is 6.61 Å². The second kappa shape index (κ2) is 3.66. The van der Waals surface area contributed by atoms with Gasteiger partial charge < -0.3 is 4.84 Å². The Labute approximate surface area is 74.9 Å². The monoisotopic (exact) mass is 176 g/mol. The van der Waals surface area contributed by atoms with Crippen LogP contribution in [0.3, 0.4) is 0 Å². The first-order valence-corrected chi connectivity index (χ1v) is 3.85. The summed E-state index contributed by atoms with van der Waals surface area (Å²) in [7, 11) is 0. The zero-order chi connectivity index (χ0) is 8.93. The summed E-state index contributed by atoms with van der Waals surface area (Å²) in [6.07, 6.45) is 1.32. The van der Waals surface area contributed by atoms with Crippen molar-refractivity contribution in [2.75, 3.05) is 0 Å². The summed E-state index contributed by atoms with van der Waals surface area (Å²) in [6, 6.07) is 9.80. The maximum Gasteiger partial charge on any atom is 0.165 e. The molecule has 0 amide bonds. The Balaban J connectivity index is 1.94. The highest BCUT2D eigenvalue weighted by molar-refractivity contribution is 5.13. The lowest BCUT2D eigenvalue weighted by Gasteiger charge is -2.01. The van der Waals surface area contributed by atoms with Crippen molar-refractivity contribution in [2.24, 2.45) is 0 Å². The predicted octanol–water partition coefficient (Wildman–Crippen LogP) is 0.302. The first-order chi connectivity index (χ1) is 6.45. The van der Waals surface area contributed by atoms with Crippen LogP contribution in [0.1, 0.15) is 5.56 Å². The van der Waals surface area contributed by atoms with E-state index in [0.717, 1.165) is 10.5 Å². The largest absolute Gasteiger partial charge is 0.375 e. The summed E-state index contributed by atoms with van der Waals surface area (Å²) in [6.45, 7) is 0.442. The molecule has 5 heteroatoms. The topological polar surface area (TPSA) is 52.8 Å². The molecule has 0 saturated heterocycles. The fraction of sp³-hybridized carbons (Fsp3) is 0.125. The molecule has 0 fully saturated rings. The molecule has 1 heterocycles. The highest BCUT2D eigenvalue weighted by Gasteiger charge is 1.93. The third-order valence-electron chi connectivity index (χ3n) is 1.52. The van der Waals surface area contributed by atoms with Crippen molar-refractivity contribution in [3.63, 3.8) is 0 Å². The standard InChI is InChI=1S/C8H8N4O/c1-2-4-8(5-3-1)6-13-12-10-7-9-11-12/h1-5,7H,6H2. The molecule has 0 radical (unpaired) electrons. The molecular formula is C8H8N4O. The summed E-state index contributed by atoms with van der Waals surface area (Å²) in [5.41, 5.74) is 1.07. The first-order valence-electron chi connectivity index (χ1n) is 3.85. The van der Waals surface area contributed by atoms with E-state index in [1.165, 1.54) is 6.33 Å². The summed E-state index contributed by atoms with van der Waals surface area (Å²) in [4.78, 5) is 6.25. The van der Waals surface area contributed by atoms with E-state index in [1.54, 1.807) is 0 Å². The van der Waals surface area contributed by atoms with Crippen LogP contribution < -0.4 is 4.84 Å². The highest BCUT2D eigenvalue weighted by atomic mass is 16.7. The van der Waals surface area contributed by atoms with Gasteiger partial charge in [0, 0.05) is 4.96 Å². The molecule has 0 aliphatic heterocycles. The second-order valence-corrected chi connectivity index (χ2v) is 2.45. The van der Waals surface area contributed by atoms with Gasteiger partial charge in [-0.2, -0.15) is 0 Å². The Morgan fingerprint density at radius 3 is 2.77 bits per heavy atom. The van der Waals surface area contributed by atoms with E-state index in [-0.39, 0.29) is 0 Å². The van der Waals surface area contributed by atoms with Crippen molar-refractivity contribution in [2.45, 2.75) is 6.61 Å². The summed E-state index contributed by atoms with van der Waals surface area (Å²) in [5.74, 6) is 0. The highest BCUT2D eigenvalue weighted by Crippen LogP contribution is 1.97. The SMILES string of the molecule is c1ccc(COn2ncnn2)cc1. The fourth-order valence-corrected chi connectivity index (χ4v) is 0.923. The number of nitrogens with zero attached hydrogens (tertiary/aromatic N) is 4. The lowest BCUT2D eigenvalue weighted by atomic mass is 10.2. The average Bonchev–Trinajstić information content (AvgIpc) is 2.69. The Kier molecular flexibility index (Phi) is 2.18. The molecule has 13 heavy (non-hydrogen) atoms. The minimum absolute atomic E-state index is 0.442. The second-order valence-electron chi connectivity index (χ2n) is 2.45. The normalized spacial score (nSPS) is 9.85. The van der Waals surface area contributed by atoms with Crippen LogP contribution in [0.2, 0.25) is 0 Å². The van der Waals surface area contributed by atoms with Crippen LogP contribution in [0.25, 0.3) is 0 Å². The van der Waals surface area contributed by atoms with Gasteiger partial charge >= 0.3 is 0 Å². The van der Waals surface area contributed by atoms with E-state index < -0.39 is 0 Å². The Morgan fingerprint density at radius 1 is 1.23 bits per heavy atom. The van der Waals surface area contributed by atoms with Gasteiger partial charge in [-0.3, -0.25) is 0 Å². The molecule has 0 unspecified atom stereocenters. The zero-order valence-electron chi connectivity index (χ0n) is 6.87. The van der Waals surface area contributed by atoms with Gasteiger partial charge in [-0.25, -0.2) is 0 Å². The summed E-state index contributed by atoms with van der Waals surface area (Å²) < 4.78 is 0. The maximum absolute atomic E-state index is 5.16. The average molecular weight is 176 g/mol. The van der Waals surface area contributed by atoms with Gasteiger partial charge in [-0.05, 0) is 10.8 Å². The van der Waals surface area contributed by atoms with Gasteiger partial charge in [-0.15, -0.1) is 10.2 Å². The van der Waals surface area contributed by atoms with Crippen molar-refractivity contribution >= 4 is 0 Å². The van der Waals surface area contributed by atoms with Crippen LogP contribution in [0, 0.1) is 0 Å². The third-order valence-corrected chi connectivity index (χ3v) is 1.52. The minimum atomic E-state index is 0.442. The van der Waals surface area contributed by atoms with E-state index in [0.29, 0.717) is 6.61 Å². The van der Waals surface area contributed by atoms with E-state index in [4.69, 9.17) is 4.84 Å². The molecule has 0 aliphatic carbocycles. The molecule has 66 valence electrons. The molecule has 0 aliphatic rings. The first kappa shape index (κ1) is 7.72. The third kappa shape index (κ3) is 2.02. The molecule has 1 aromatic heterocycles. The van der Waals surface area contributed by atoms with Gasteiger partial charge in [0.15, 0.2) is 6.33 Å². The van der Waals surface area contributed by atoms with Gasteiger partial charge in [-0.1, -0.05) is 30.3 Å². The lowest BCUT2D eigenvalue weighted by molar-refractivity contribution is 0.0385. The summed E-state index contributed by atoms with van der Waals surface area (Å²) >= 11 is 0. The van der Waals surface area contributed by atoms with Crippen molar-refractivity contribution in [3.05, 3.63) is 42.2 Å². The van der Waals surface area contributed by atoms with E-state index in [2.05, 4.69) is 15.4 Å². The smallest absolute Gasteiger partial charge is 0.165 e. The number of hydrogen-bond acceptors (Lipinski definition) is 4. The van der Waals surface area contributed by atoms with E-state index in [9.17, 15) is 0 Å². The van der Waals surface area contributed by atoms with Gasteiger partial charge in [0.25, 0.3) is 0 Å². The molecule has 0 atom stereocenters. The van der Waals surface area contributed by atoms with Crippen LogP contribution in [0.15, 0.2) is 36.7 Å². The minimum Gasteiger partial charge on any atom is -0.375 e. The van der Waals surface area contributed by atoms with Gasteiger partial charge in [0.1, 0.15) is 6.61 Å². The number of hydrogen-bond donors (Lipinski definition) is 0. The molecular weight excluding hydrogens is 168 g/mol. The fourth-order valence-electron chi connectivity index (χ4n) is 0.923. The van der Waals surface area contributed by atoms with Gasteiger partial charge in [0.05, 0.1) is 0 Å². The maximum atomic E-state index is 5.16. The van der Waals surface area contributed by atoms with Crippen LogP contribution >= 0.6 is 0 Å². The zero-order valence-corrected chi connectivity index (χ0v) is 6.87.